The summed E-state index contributed by atoms with van der Waals surface area (Å²) in [4.78, 5) is 0. The molecule has 0 spiro atoms. The maximum atomic E-state index is 5.78. The predicted octanol–water partition coefficient (Wildman–Crippen LogP) is 2.73. The first-order valence-corrected chi connectivity index (χ1v) is 6.65. The Morgan fingerprint density at radius 2 is 2.38 bits per heavy atom. The third kappa shape index (κ3) is 5.53. The van der Waals surface area contributed by atoms with E-state index < -0.39 is 0 Å². The van der Waals surface area contributed by atoms with E-state index in [2.05, 4.69) is 18.2 Å². The largest absolute Gasteiger partial charge is 0.378 e. The minimum Gasteiger partial charge on any atom is -0.378 e. The normalized spacial score (nSPS) is 22.6. The molecule has 2 nitrogen and oxygen atoms in total. The van der Waals surface area contributed by atoms with Crippen LogP contribution in [0.25, 0.3) is 0 Å². The molecule has 1 N–H and O–H groups in total. The summed E-state index contributed by atoms with van der Waals surface area (Å²) in [5.74, 6) is 2.71. The zero-order valence-electron chi connectivity index (χ0n) is 10.5. The molecule has 1 saturated heterocycles. The SMILES string of the molecule is C#CCCCC(CC1CCCCO1)NCC. The minimum atomic E-state index is 0.476. The molecule has 0 aromatic heterocycles. The third-order valence-electron chi connectivity index (χ3n) is 3.19. The molecule has 0 aliphatic carbocycles. The van der Waals surface area contributed by atoms with Gasteiger partial charge in [-0.3, -0.25) is 0 Å². The predicted molar refractivity (Wildman–Crippen MR) is 68.4 cm³/mol. The maximum absolute atomic E-state index is 5.78. The van der Waals surface area contributed by atoms with Crippen LogP contribution < -0.4 is 5.32 Å². The average molecular weight is 223 g/mol. The van der Waals surface area contributed by atoms with Crippen LogP contribution >= 0.6 is 0 Å². The first kappa shape index (κ1) is 13.5. The number of terminal acetylenes is 1. The van der Waals surface area contributed by atoms with E-state index in [9.17, 15) is 0 Å². The zero-order valence-corrected chi connectivity index (χ0v) is 10.5. The highest BCUT2D eigenvalue weighted by Gasteiger charge is 2.18. The highest BCUT2D eigenvalue weighted by atomic mass is 16.5. The topological polar surface area (TPSA) is 21.3 Å². The van der Waals surface area contributed by atoms with E-state index in [1.807, 2.05) is 0 Å². The highest BCUT2D eigenvalue weighted by Crippen LogP contribution is 2.19. The monoisotopic (exact) mass is 223 g/mol. The second kappa shape index (κ2) is 8.61. The fourth-order valence-corrected chi connectivity index (χ4v) is 2.35. The van der Waals surface area contributed by atoms with Crippen molar-refractivity contribution in [2.75, 3.05) is 13.2 Å². The molecule has 0 saturated carbocycles. The smallest absolute Gasteiger partial charge is 0.0590 e. The van der Waals surface area contributed by atoms with Gasteiger partial charge in [-0.15, -0.1) is 12.3 Å². The summed E-state index contributed by atoms with van der Waals surface area (Å²) in [6, 6.07) is 0.585. The average Bonchev–Trinajstić information content (AvgIpc) is 2.31. The lowest BCUT2D eigenvalue weighted by molar-refractivity contribution is 0.00473. The quantitative estimate of drug-likeness (QED) is 0.529. The van der Waals surface area contributed by atoms with Crippen molar-refractivity contribution in [3.8, 4) is 12.3 Å². The van der Waals surface area contributed by atoms with Crippen LogP contribution in [0.2, 0.25) is 0 Å². The van der Waals surface area contributed by atoms with Gasteiger partial charge in [-0.25, -0.2) is 0 Å². The van der Waals surface area contributed by atoms with Gasteiger partial charge < -0.3 is 10.1 Å². The maximum Gasteiger partial charge on any atom is 0.0590 e. The van der Waals surface area contributed by atoms with E-state index >= 15 is 0 Å². The highest BCUT2D eigenvalue weighted by molar-refractivity contribution is 4.84. The summed E-state index contributed by atoms with van der Waals surface area (Å²) in [5.41, 5.74) is 0. The molecule has 0 amide bonds. The van der Waals surface area contributed by atoms with Crippen LogP contribution in [0.4, 0.5) is 0 Å². The summed E-state index contributed by atoms with van der Waals surface area (Å²) in [6.45, 7) is 4.15. The van der Waals surface area contributed by atoms with E-state index in [4.69, 9.17) is 11.2 Å². The molecule has 1 fully saturated rings. The van der Waals surface area contributed by atoms with Crippen molar-refractivity contribution < 1.29 is 4.74 Å². The molecule has 0 bridgehead atoms. The Balaban J connectivity index is 2.22. The fourth-order valence-electron chi connectivity index (χ4n) is 2.35. The Morgan fingerprint density at radius 1 is 1.50 bits per heavy atom. The van der Waals surface area contributed by atoms with E-state index in [1.165, 1.54) is 25.7 Å². The van der Waals surface area contributed by atoms with E-state index in [1.54, 1.807) is 0 Å². The molecular weight excluding hydrogens is 198 g/mol. The van der Waals surface area contributed by atoms with Crippen molar-refractivity contribution in [2.24, 2.45) is 0 Å². The molecule has 0 radical (unpaired) electrons. The number of nitrogens with one attached hydrogen (secondary N) is 1. The van der Waals surface area contributed by atoms with Gasteiger partial charge >= 0.3 is 0 Å². The number of ether oxygens (including phenoxy) is 1. The van der Waals surface area contributed by atoms with Crippen LogP contribution in [0.15, 0.2) is 0 Å². The molecule has 92 valence electrons. The zero-order chi connectivity index (χ0) is 11.6. The van der Waals surface area contributed by atoms with Crippen LogP contribution in [0.5, 0.6) is 0 Å². The molecule has 2 heteroatoms. The summed E-state index contributed by atoms with van der Waals surface area (Å²) in [6.07, 6.45) is 13.9. The van der Waals surface area contributed by atoms with Gasteiger partial charge in [-0.2, -0.15) is 0 Å². The Kier molecular flexibility index (Phi) is 7.29. The molecule has 0 aromatic rings. The van der Waals surface area contributed by atoms with Crippen molar-refractivity contribution >= 4 is 0 Å². The van der Waals surface area contributed by atoms with Crippen molar-refractivity contribution in [1.29, 1.82) is 0 Å². The van der Waals surface area contributed by atoms with E-state index in [-0.39, 0.29) is 0 Å². The molecular formula is C14H25NO. The van der Waals surface area contributed by atoms with Gasteiger partial charge in [0.2, 0.25) is 0 Å². The molecule has 0 aromatic carbocycles. The van der Waals surface area contributed by atoms with Gasteiger partial charge in [0, 0.05) is 19.1 Å². The number of unbranched alkanes of at least 4 members (excludes halogenated alkanes) is 1. The van der Waals surface area contributed by atoms with Gasteiger partial charge in [-0.1, -0.05) is 6.92 Å². The fraction of sp³-hybridized carbons (Fsp3) is 0.857. The Bertz CT molecular complexity index is 203. The van der Waals surface area contributed by atoms with Crippen molar-refractivity contribution in [1.82, 2.24) is 5.32 Å². The van der Waals surface area contributed by atoms with E-state index in [0.29, 0.717) is 12.1 Å². The van der Waals surface area contributed by atoms with Crippen LogP contribution in [0, 0.1) is 12.3 Å². The van der Waals surface area contributed by atoms with Gasteiger partial charge in [0.25, 0.3) is 0 Å². The second-order valence-electron chi connectivity index (χ2n) is 4.58. The summed E-state index contributed by atoms with van der Waals surface area (Å²) in [5, 5.41) is 3.54. The number of rotatable bonds is 7. The molecule has 1 rings (SSSR count). The van der Waals surface area contributed by atoms with Crippen LogP contribution in [0.1, 0.15) is 51.9 Å². The summed E-state index contributed by atoms with van der Waals surface area (Å²) >= 11 is 0. The molecule has 2 unspecified atom stereocenters. The Hall–Kier alpha value is -0.520. The molecule has 16 heavy (non-hydrogen) atoms. The molecule has 2 atom stereocenters. The summed E-state index contributed by atoms with van der Waals surface area (Å²) in [7, 11) is 0. The lowest BCUT2D eigenvalue weighted by Gasteiger charge is -2.27. The Morgan fingerprint density at radius 3 is 3.00 bits per heavy atom. The van der Waals surface area contributed by atoms with Crippen LogP contribution in [0.3, 0.4) is 0 Å². The van der Waals surface area contributed by atoms with Crippen LogP contribution in [-0.4, -0.2) is 25.3 Å². The van der Waals surface area contributed by atoms with Crippen molar-refractivity contribution in [3.63, 3.8) is 0 Å². The van der Waals surface area contributed by atoms with Crippen molar-refractivity contribution in [2.45, 2.75) is 64.0 Å². The van der Waals surface area contributed by atoms with Gasteiger partial charge in [0.15, 0.2) is 0 Å². The molecule has 1 heterocycles. The Labute approximate surface area is 100 Å². The minimum absolute atomic E-state index is 0.476. The van der Waals surface area contributed by atoms with Gasteiger partial charge in [0.05, 0.1) is 6.10 Å². The lowest BCUT2D eigenvalue weighted by Crippen LogP contribution is -2.34. The lowest BCUT2D eigenvalue weighted by atomic mass is 9.98. The molecule has 1 aliphatic heterocycles. The molecule has 1 aliphatic rings. The van der Waals surface area contributed by atoms with E-state index in [0.717, 1.165) is 32.4 Å². The summed E-state index contributed by atoms with van der Waals surface area (Å²) < 4.78 is 5.78. The second-order valence-corrected chi connectivity index (χ2v) is 4.58. The third-order valence-corrected chi connectivity index (χ3v) is 3.19. The number of hydrogen-bond donors (Lipinski definition) is 1. The van der Waals surface area contributed by atoms with Gasteiger partial charge in [0.1, 0.15) is 0 Å². The first-order valence-electron chi connectivity index (χ1n) is 6.65. The van der Waals surface area contributed by atoms with Gasteiger partial charge in [-0.05, 0) is 45.1 Å². The first-order chi connectivity index (χ1) is 7.86. The standard InChI is InChI=1S/C14H25NO/c1-3-5-6-9-13(15-4-2)12-14-10-7-8-11-16-14/h1,13-15H,4-12H2,2H3. The van der Waals surface area contributed by atoms with Crippen LogP contribution in [-0.2, 0) is 4.74 Å². The van der Waals surface area contributed by atoms with Crippen molar-refractivity contribution in [3.05, 3.63) is 0 Å². The number of hydrogen-bond acceptors (Lipinski definition) is 2.